The third kappa shape index (κ3) is 5.64. The maximum atomic E-state index is 3.62. The van der Waals surface area contributed by atoms with Crippen molar-refractivity contribution in [2.24, 2.45) is 5.92 Å². The van der Waals surface area contributed by atoms with Crippen LogP contribution < -0.4 is 5.32 Å². The van der Waals surface area contributed by atoms with E-state index >= 15 is 0 Å². The zero-order valence-electron chi connectivity index (χ0n) is 10.0. The first-order valence-corrected chi connectivity index (χ1v) is 6.52. The molecule has 0 saturated carbocycles. The number of hydrogen-bond donors (Lipinski definition) is 1. The molecule has 0 amide bonds. The van der Waals surface area contributed by atoms with E-state index in [1.165, 1.54) is 57.9 Å². The predicted molar refractivity (Wildman–Crippen MR) is 63.6 cm³/mol. The summed E-state index contributed by atoms with van der Waals surface area (Å²) in [6.07, 6.45) is 11.4. The maximum Gasteiger partial charge on any atom is 0.00670 e. The van der Waals surface area contributed by atoms with E-state index < -0.39 is 0 Å². The smallest absolute Gasteiger partial charge is 0.00670 e. The van der Waals surface area contributed by atoms with Gasteiger partial charge in [0.1, 0.15) is 0 Å². The van der Waals surface area contributed by atoms with Gasteiger partial charge in [-0.15, -0.1) is 0 Å². The van der Waals surface area contributed by atoms with Gasteiger partial charge in [-0.2, -0.15) is 0 Å². The van der Waals surface area contributed by atoms with Gasteiger partial charge in [-0.05, 0) is 31.7 Å². The molecule has 0 unspecified atom stereocenters. The molecular weight excluding hydrogens is 170 g/mol. The highest BCUT2D eigenvalue weighted by atomic mass is 14.9. The van der Waals surface area contributed by atoms with Crippen LogP contribution in [0.5, 0.6) is 0 Å². The van der Waals surface area contributed by atoms with Crippen LogP contribution >= 0.6 is 0 Å². The molecule has 1 atom stereocenters. The van der Waals surface area contributed by atoms with Gasteiger partial charge in [-0.25, -0.2) is 0 Å². The second kappa shape index (κ2) is 7.28. The van der Waals surface area contributed by atoms with Crippen molar-refractivity contribution in [3.63, 3.8) is 0 Å². The largest absolute Gasteiger partial charge is 0.314 e. The van der Waals surface area contributed by atoms with Crippen molar-refractivity contribution in [3.8, 4) is 0 Å². The molecule has 0 aliphatic carbocycles. The minimum Gasteiger partial charge on any atom is -0.314 e. The molecule has 1 aliphatic rings. The predicted octanol–water partition coefficient (Wildman–Crippen LogP) is 3.74. The summed E-state index contributed by atoms with van der Waals surface area (Å²) in [5.41, 5.74) is 0. The number of unbranched alkanes of at least 4 members (excludes halogenated alkanes) is 2. The molecule has 1 heteroatoms. The normalized spacial score (nSPS) is 22.9. The Hall–Kier alpha value is -0.0400. The SMILES string of the molecule is CC(C)CCCCC[C@H]1CCCCN1. The molecule has 0 radical (unpaired) electrons. The summed E-state index contributed by atoms with van der Waals surface area (Å²) in [5.74, 6) is 0.891. The summed E-state index contributed by atoms with van der Waals surface area (Å²) in [6, 6.07) is 0.850. The second-order valence-corrected chi connectivity index (χ2v) is 5.18. The molecule has 1 rings (SSSR count). The van der Waals surface area contributed by atoms with Gasteiger partial charge in [0.05, 0.1) is 0 Å². The molecule has 0 bridgehead atoms. The molecule has 1 N–H and O–H groups in total. The second-order valence-electron chi connectivity index (χ2n) is 5.18. The minimum atomic E-state index is 0.850. The highest BCUT2D eigenvalue weighted by molar-refractivity contribution is 4.71. The van der Waals surface area contributed by atoms with Crippen molar-refractivity contribution in [2.75, 3.05) is 6.54 Å². The number of hydrogen-bond acceptors (Lipinski definition) is 1. The third-order valence-corrected chi connectivity index (χ3v) is 3.25. The highest BCUT2D eigenvalue weighted by Crippen LogP contribution is 2.15. The van der Waals surface area contributed by atoms with Crippen molar-refractivity contribution in [1.29, 1.82) is 0 Å². The van der Waals surface area contributed by atoms with Gasteiger partial charge in [0.2, 0.25) is 0 Å². The first kappa shape index (κ1) is 12.0. The fourth-order valence-electron chi connectivity index (χ4n) is 2.29. The lowest BCUT2D eigenvalue weighted by atomic mass is 9.98. The Morgan fingerprint density at radius 3 is 2.64 bits per heavy atom. The summed E-state index contributed by atoms with van der Waals surface area (Å²) < 4.78 is 0. The van der Waals surface area contributed by atoms with Crippen LogP contribution in [0, 0.1) is 5.92 Å². The molecule has 0 aromatic heterocycles. The van der Waals surface area contributed by atoms with E-state index in [1.54, 1.807) is 0 Å². The Labute approximate surface area is 89.7 Å². The zero-order valence-corrected chi connectivity index (χ0v) is 10.0. The van der Waals surface area contributed by atoms with E-state index in [-0.39, 0.29) is 0 Å². The molecule has 0 spiro atoms. The topological polar surface area (TPSA) is 12.0 Å². The molecule has 1 heterocycles. The van der Waals surface area contributed by atoms with Crippen LogP contribution in [0.3, 0.4) is 0 Å². The summed E-state index contributed by atoms with van der Waals surface area (Å²) in [5, 5.41) is 3.62. The summed E-state index contributed by atoms with van der Waals surface area (Å²) in [7, 11) is 0. The lowest BCUT2D eigenvalue weighted by Gasteiger charge is -2.23. The van der Waals surface area contributed by atoms with Gasteiger partial charge in [0.15, 0.2) is 0 Å². The Kier molecular flexibility index (Phi) is 6.25. The van der Waals surface area contributed by atoms with Crippen molar-refractivity contribution in [2.45, 2.75) is 71.3 Å². The summed E-state index contributed by atoms with van der Waals surface area (Å²) >= 11 is 0. The highest BCUT2D eigenvalue weighted by Gasteiger charge is 2.11. The number of rotatable bonds is 6. The summed E-state index contributed by atoms with van der Waals surface area (Å²) in [4.78, 5) is 0. The number of nitrogens with one attached hydrogen (secondary N) is 1. The molecule has 1 saturated heterocycles. The van der Waals surface area contributed by atoms with Crippen molar-refractivity contribution in [3.05, 3.63) is 0 Å². The van der Waals surface area contributed by atoms with E-state index in [1.807, 2.05) is 0 Å². The van der Waals surface area contributed by atoms with Crippen LogP contribution in [0.15, 0.2) is 0 Å². The number of piperidine rings is 1. The molecule has 84 valence electrons. The van der Waals surface area contributed by atoms with Crippen LogP contribution in [0.25, 0.3) is 0 Å². The first-order valence-electron chi connectivity index (χ1n) is 6.52. The van der Waals surface area contributed by atoms with E-state index in [4.69, 9.17) is 0 Å². The molecular formula is C13H27N. The average molecular weight is 197 g/mol. The Morgan fingerprint density at radius 2 is 2.00 bits per heavy atom. The van der Waals surface area contributed by atoms with E-state index in [0.29, 0.717) is 0 Å². The Bertz CT molecular complexity index is 125. The van der Waals surface area contributed by atoms with Crippen LogP contribution in [0.1, 0.15) is 65.2 Å². The van der Waals surface area contributed by atoms with E-state index in [0.717, 1.165) is 12.0 Å². The van der Waals surface area contributed by atoms with E-state index in [2.05, 4.69) is 19.2 Å². The van der Waals surface area contributed by atoms with Crippen LogP contribution in [-0.2, 0) is 0 Å². The van der Waals surface area contributed by atoms with Gasteiger partial charge in [0, 0.05) is 6.04 Å². The fraction of sp³-hybridized carbons (Fsp3) is 1.00. The molecule has 0 aromatic carbocycles. The van der Waals surface area contributed by atoms with E-state index in [9.17, 15) is 0 Å². The van der Waals surface area contributed by atoms with Crippen LogP contribution in [0.4, 0.5) is 0 Å². The Morgan fingerprint density at radius 1 is 1.14 bits per heavy atom. The van der Waals surface area contributed by atoms with Gasteiger partial charge < -0.3 is 5.32 Å². The summed E-state index contributed by atoms with van der Waals surface area (Å²) in [6.45, 7) is 5.90. The Balaban J connectivity index is 1.87. The maximum absolute atomic E-state index is 3.62. The molecule has 14 heavy (non-hydrogen) atoms. The lowest BCUT2D eigenvalue weighted by Crippen LogP contribution is -2.33. The molecule has 1 aliphatic heterocycles. The molecule has 0 aromatic rings. The van der Waals surface area contributed by atoms with Gasteiger partial charge >= 0.3 is 0 Å². The van der Waals surface area contributed by atoms with Gasteiger partial charge in [-0.1, -0.05) is 46.0 Å². The average Bonchev–Trinajstić information content (AvgIpc) is 2.18. The zero-order chi connectivity index (χ0) is 10.2. The monoisotopic (exact) mass is 197 g/mol. The van der Waals surface area contributed by atoms with Gasteiger partial charge in [-0.3, -0.25) is 0 Å². The molecule has 1 fully saturated rings. The van der Waals surface area contributed by atoms with Crippen molar-refractivity contribution < 1.29 is 0 Å². The fourth-order valence-corrected chi connectivity index (χ4v) is 2.29. The van der Waals surface area contributed by atoms with Crippen molar-refractivity contribution >= 4 is 0 Å². The lowest BCUT2D eigenvalue weighted by molar-refractivity contribution is 0.368. The van der Waals surface area contributed by atoms with Crippen LogP contribution in [0.2, 0.25) is 0 Å². The quantitative estimate of drug-likeness (QED) is 0.640. The molecule has 1 nitrogen and oxygen atoms in total. The first-order chi connectivity index (χ1) is 6.79. The minimum absolute atomic E-state index is 0.850. The van der Waals surface area contributed by atoms with Gasteiger partial charge in [0.25, 0.3) is 0 Å². The van der Waals surface area contributed by atoms with Crippen molar-refractivity contribution in [1.82, 2.24) is 5.32 Å². The van der Waals surface area contributed by atoms with Crippen LogP contribution in [-0.4, -0.2) is 12.6 Å². The standard InChI is InChI=1S/C13H27N/c1-12(2)8-4-3-5-9-13-10-6-7-11-14-13/h12-14H,3-11H2,1-2H3/t13-/m0/s1. The third-order valence-electron chi connectivity index (χ3n) is 3.25.